The first-order chi connectivity index (χ1) is 15.4. The summed E-state index contributed by atoms with van der Waals surface area (Å²) in [5.74, 6) is -0.803. The van der Waals surface area contributed by atoms with Crippen LogP contribution in [0.1, 0.15) is 51.6 Å². The van der Waals surface area contributed by atoms with Crippen LogP contribution in [0.15, 0.2) is 30.6 Å². The normalized spacial score (nSPS) is 20.6. The number of amides is 1. The molecule has 1 saturated heterocycles. The average Bonchev–Trinajstić information content (AvgIpc) is 3.39. The van der Waals surface area contributed by atoms with E-state index in [0.29, 0.717) is 38.2 Å². The van der Waals surface area contributed by atoms with Crippen molar-refractivity contribution in [2.24, 2.45) is 0 Å². The zero-order valence-corrected chi connectivity index (χ0v) is 18.0. The number of esters is 1. The van der Waals surface area contributed by atoms with Gasteiger partial charge in [-0.1, -0.05) is 6.07 Å². The molecule has 168 valence electrons. The first-order valence-electron chi connectivity index (χ1n) is 11.0. The Hall–Kier alpha value is -2.84. The van der Waals surface area contributed by atoms with Crippen LogP contribution in [0.4, 0.5) is 10.1 Å². The van der Waals surface area contributed by atoms with E-state index in [1.807, 2.05) is 11.8 Å². The van der Waals surface area contributed by atoms with Gasteiger partial charge in [0.1, 0.15) is 6.61 Å². The Labute approximate surface area is 185 Å². The Kier molecular flexibility index (Phi) is 5.22. The van der Waals surface area contributed by atoms with Gasteiger partial charge in [-0.15, -0.1) is 0 Å². The third kappa shape index (κ3) is 3.47. The highest BCUT2D eigenvalue weighted by Crippen LogP contribution is 2.35. The highest BCUT2D eigenvalue weighted by molar-refractivity contribution is 6.01. The summed E-state index contributed by atoms with van der Waals surface area (Å²) in [5.41, 5.74) is 2.81. The molecular formula is C24H26FN3O4. The van der Waals surface area contributed by atoms with Gasteiger partial charge in [0.05, 0.1) is 17.4 Å². The quantitative estimate of drug-likeness (QED) is 0.737. The minimum atomic E-state index is -1.90. The van der Waals surface area contributed by atoms with E-state index in [0.717, 1.165) is 27.9 Å². The molecule has 0 saturated carbocycles. The molecule has 1 atom stereocenters. The number of carbonyl (C=O) groups is 2. The predicted octanol–water partition coefficient (Wildman–Crippen LogP) is 2.49. The van der Waals surface area contributed by atoms with E-state index in [1.165, 1.54) is 0 Å². The number of nitrogens with zero attached hydrogens (tertiary/aromatic N) is 3. The number of fused-ring (bicyclic) bond motifs is 2. The van der Waals surface area contributed by atoms with Gasteiger partial charge >= 0.3 is 5.97 Å². The number of likely N-dealkylation sites (tertiary alicyclic amines) is 1. The second kappa shape index (κ2) is 7.94. The molecular weight excluding hydrogens is 413 g/mol. The molecule has 2 aromatic rings. The first kappa shape index (κ1) is 21.0. The van der Waals surface area contributed by atoms with Gasteiger partial charge in [0.15, 0.2) is 5.67 Å². The lowest BCUT2D eigenvalue weighted by molar-refractivity contribution is -0.133. The molecule has 3 aliphatic rings. The maximum atomic E-state index is 15.7. The van der Waals surface area contributed by atoms with Crippen molar-refractivity contribution < 1.29 is 23.8 Å². The Morgan fingerprint density at radius 3 is 2.84 bits per heavy atom. The molecule has 1 N–H and O–H groups in total. The fraction of sp³-hybridized carbons (Fsp3) is 0.458. The van der Waals surface area contributed by atoms with E-state index >= 15 is 4.39 Å². The molecule has 0 spiro atoms. The number of ether oxygens (including phenoxy) is 1. The van der Waals surface area contributed by atoms with Gasteiger partial charge in [-0.25, -0.2) is 9.18 Å². The molecule has 0 unspecified atom stereocenters. The number of aliphatic hydroxyl groups is 1. The van der Waals surface area contributed by atoms with Crippen LogP contribution in [-0.4, -0.2) is 58.7 Å². The van der Waals surface area contributed by atoms with Crippen molar-refractivity contribution in [2.45, 2.75) is 44.6 Å². The number of piperidine rings is 1. The van der Waals surface area contributed by atoms with Gasteiger partial charge in [0.2, 0.25) is 0 Å². The van der Waals surface area contributed by atoms with Crippen LogP contribution in [0, 0.1) is 6.92 Å². The van der Waals surface area contributed by atoms with Crippen LogP contribution >= 0.6 is 0 Å². The largest absolute Gasteiger partial charge is 0.457 e. The number of β-amino-alcohol motifs (C(OH)–C–C–N with tert-alkyl or cyclic N) is 1. The van der Waals surface area contributed by atoms with Crippen LogP contribution in [0.3, 0.4) is 0 Å². The number of aromatic nitrogens is 1. The number of aliphatic hydroxyl groups excluding tert-OH is 1. The van der Waals surface area contributed by atoms with Crippen LogP contribution in [0.5, 0.6) is 0 Å². The standard InChI is InChI=1S/C24H26FN3O4/c1-15-17(2-3-18-19(15)14-32-22(18)30)21(29)13-27-10-6-24(25,7-11-27)23(31)28-9-5-16-12-26-8-4-20(16)28/h2-4,8,12,21,29H,5-7,9-11,13-14H2,1H3/t21-/m0/s1. The molecule has 1 aromatic carbocycles. The molecule has 7 nitrogen and oxygen atoms in total. The maximum absolute atomic E-state index is 15.7. The minimum absolute atomic E-state index is 0.0982. The van der Waals surface area contributed by atoms with Gasteiger partial charge in [0.25, 0.3) is 5.91 Å². The van der Waals surface area contributed by atoms with E-state index < -0.39 is 17.7 Å². The summed E-state index contributed by atoms with van der Waals surface area (Å²) in [4.78, 5) is 32.4. The number of halogens is 1. The number of carbonyl (C=O) groups excluding carboxylic acids is 2. The number of rotatable bonds is 4. The highest BCUT2D eigenvalue weighted by atomic mass is 19.1. The summed E-state index contributed by atoms with van der Waals surface area (Å²) >= 11 is 0. The zero-order valence-electron chi connectivity index (χ0n) is 18.0. The Morgan fingerprint density at radius 1 is 1.28 bits per heavy atom. The molecule has 8 heteroatoms. The molecule has 5 rings (SSSR count). The number of hydrogen-bond donors (Lipinski definition) is 1. The third-order valence-corrected chi connectivity index (χ3v) is 7.05. The molecule has 1 aromatic heterocycles. The highest BCUT2D eigenvalue weighted by Gasteiger charge is 2.46. The van der Waals surface area contributed by atoms with E-state index in [2.05, 4.69) is 4.98 Å². The first-order valence-corrected chi connectivity index (χ1v) is 11.0. The van der Waals surface area contributed by atoms with Gasteiger partial charge in [0, 0.05) is 57.0 Å². The van der Waals surface area contributed by atoms with Crippen molar-refractivity contribution in [2.75, 3.05) is 31.1 Å². The van der Waals surface area contributed by atoms with Gasteiger partial charge in [-0.2, -0.15) is 0 Å². The fourth-order valence-corrected chi connectivity index (χ4v) is 5.06. The lowest BCUT2D eigenvalue weighted by atomic mass is 9.90. The number of hydrogen-bond acceptors (Lipinski definition) is 6. The predicted molar refractivity (Wildman–Crippen MR) is 115 cm³/mol. The Morgan fingerprint density at radius 2 is 2.06 bits per heavy atom. The molecule has 0 aliphatic carbocycles. The molecule has 1 fully saturated rings. The lowest BCUT2D eigenvalue weighted by Gasteiger charge is -2.38. The Bertz CT molecular complexity index is 1080. The molecule has 1 amide bonds. The lowest BCUT2D eigenvalue weighted by Crippen LogP contribution is -2.52. The SMILES string of the molecule is Cc1c([C@@H](O)CN2CCC(F)(C(=O)N3CCc4cnccc43)CC2)ccc2c1COC2=O. The van der Waals surface area contributed by atoms with Crippen LogP contribution in [0.25, 0.3) is 0 Å². The summed E-state index contributed by atoms with van der Waals surface area (Å²) in [6, 6.07) is 5.23. The number of benzene rings is 1. The molecule has 4 heterocycles. The van der Waals surface area contributed by atoms with Crippen LogP contribution in [-0.2, 0) is 22.6 Å². The monoisotopic (exact) mass is 439 g/mol. The minimum Gasteiger partial charge on any atom is -0.457 e. The van der Waals surface area contributed by atoms with Crippen LogP contribution < -0.4 is 4.90 Å². The van der Waals surface area contributed by atoms with E-state index in [4.69, 9.17) is 4.74 Å². The van der Waals surface area contributed by atoms with Crippen molar-refractivity contribution in [3.63, 3.8) is 0 Å². The number of cyclic esters (lactones) is 1. The van der Waals surface area contributed by atoms with Gasteiger partial charge < -0.3 is 19.6 Å². The third-order valence-electron chi connectivity index (χ3n) is 7.05. The van der Waals surface area contributed by atoms with Crippen molar-refractivity contribution >= 4 is 17.6 Å². The molecule has 0 bridgehead atoms. The summed E-state index contributed by atoms with van der Waals surface area (Å²) in [6.07, 6.45) is 3.49. The smallest absolute Gasteiger partial charge is 0.338 e. The van der Waals surface area contributed by atoms with Crippen molar-refractivity contribution in [3.05, 3.63) is 58.4 Å². The van der Waals surface area contributed by atoms with Crippen molar-refractivity contribution in [3.8, 4) is 0 Å². The fourth-order valence-electron chi connectivity index (χ4n) is 5.06. The second-order valence-electron chi connectivity index (χ2n) is 8.87. The van der Waals surface area contributed by atoms with E-state index in [9.17, 15) is 14.7 Å². The second-order valence-corrected chi connectivity index (χ2v) is 8.87. The van der Waals surface area contributed by atoms with E-state index in [-0.39, 0.29) is 25.4 Å². The zero-order chi connectivity index (χ0) is 22.5. The van der Waals surface area contributed by atoms with Gasteiger partial charge in [-0.05, 0) is 42.2 Å². The maximum Gasteiger partial charge on any atom is 0.338 e. The number of alkyl halides is 1. The molecule has 0 radical (unpaired) electrons. The molecule has 32 heavy (non-hydrogen) atoms. The average molecular weight is 439 g/mol. The number of pyridine rings is 1. The number of anilines is 1. The Balaban J connectivity index is 1.23. The summed E-state index contributed by atoms with van der Waals surface area (Å²) in [6.45, 7) is 3.72. The summed E-state index contributed by atoms with van der Waals surface area (Å²) in [5, 5.41) is 10.8. The van der Waals surface area contributed by atoms with E-state index in [1.54, 1.807) is 35.5 Å². The van der Waals surface area contributed by atoms with Crippen molar-refractivity contribution in [1.82, 2.24) is 9.88 Å². The van der Waals surface area contributed by atoms with Crippen molar-refractivity contribution in [1.29, 1.82) is 0 Å². The van der Waals surface area contributed by atoms with Crippen LogP contribution in [0.2, 0.25) is 0 Å². The summed E-state index contributed by atoms with van der Waals surface area (Å²) in [7, 11) is 0. The van der Waals surface area contributed by atoms with Gasteiger partial charge in [-0.3, -0.25) is 9.78 Å². The topological polar surface area (TPSA) is 83.0 Å². The molecule has 3 aliphatic heterocycles. The summed E-state index contributed by atoms with van der Waals surface area (Å²) < 4.78 is 20.7.